The summed E-state index contributed by atoms with van der Waals surface area (Å²) in [4.78, 5) is 17.8. The van der Waals surface area contributed by atoms with Gasteiger partial charge in [-0.05, 0) is 36.6 Å². The van der Waals surface area contributed by atoms with Gasteiger partial charge in [0, 0.05) is 12.6 Å². The van der Waals surface area contributed by atoms with E-state index in [1.54, 1.807) is 55.5 Å². The van der Waals surface area contributed by atoms with Crippen LogP contribution in [0.3, 0.4) is 0 Å². The normalized spacial score (nSPS) is 19.8. The van der Waals surface area contributed by atoms with E-state index in [0.29, 0.717) is 23.4 Å². The van der Waals surface area contributed by atoms with Crippen molar-refractivity contribution in [3.8, 4) is 5.75 Å². The van der Waals surface area contributed by atoms with Gasteiger partial charge in [0.05, 0.1) is 12.8 Å². The molecule has 0 spiro atoms. The molecule has 12 heteroatoms. The molecular formula is C23H25N3O7S2. The first kappa shape index (κ1) is 24.9. The lowest BCUT2D eigenvalue weighted by atomic mass is 10.1. The summed E-state index contributed by atoms with van der Waals surface area (Å²) in [6, 6.07) is 16.9. The summed E-state index contributed by atoms with van der Waals surface area (Å²) in [7, 11) is -7.20. The summed E-state index contributed by atoms with van der Waals surface area (Å²) in [5.74, 6) is 0.173. The predicted octanol–water partition coefficient (Wildman–Crippen LogP) is 3.75. The predicted molar refractivity (Wildman–Crippen MR) is 132 cm³/mol. The van der Waals surface area contributed by atoms with E-state index >= 15 is 0 Å². The highest BCUT2D eigenvalue weighted by molar-refractivity contribution is 8.24. The Balaban J connectivity index is 1.57. The Morgan fingerprint density at radius 1 is 1.14 bits per heavy atom. The summed E-state index contributed by atoms with van der Waals surface area (Å²) in [5, 5.41) is 2.86. The third-order valence-corrected chi connectivity index (χ3v) is 7.84. The Kier molecular flexibility index (Phi) is 6.99. The fourth-order valence-electron chi connectivity index (χ4n) is 3.76. The largest absolute Gasteiger partial charge is 0.383 e. The number of hydrogen-bond acceptors (Lipinski definition) is 9. The van der Waals surface area contributed by atoms with Gasteiger partial charge in [-0.2, -0.15) is 8.42 Å². The molecule has 0 aliphatic carbocycles. The van der Waals surface area contributed by atoms with Crippen LogP contribution in [-0.2, 0) is 27.9 Å². The van der Waals surface area contributed by atoms with E-state index in [9.17, 15) is 22.3 Å². The van der Waals surface area contributed by atoms with Gasteiger partial charge in [0.2, 0.25) is 0 Å². The molecule has 1 aliphatic heterocycles. The van der Waals surface area contributed by atoms with Gasteiger partial charge in [-0.15, -0.1) is 10.8 Å². The maximum atomic E-state index is 13.3. The summed E-state index contributed by atoms with van der Waals surface area (Å²) < 4.78 is 55.7. The van der Waals surface area contributed by atoms with Gasteiger partial charge in [-0.25, -0.2) is 4.31 Å². The average molecular weight is 520 g/mol. The maximum Gasteiger partial charge on any atom is 0.306 e. The van der Waals surface area contributed by atoms with Crippen LogP contribution in [0.2, 0.25) is 0 Å². The molecule has 1 aromatic heterocycles. The summed E-state index contributed by atoms with van der Waals surface area (Å²) >= 11 is 0. The Hall–Kier alpha value is -3.19. The number of carbonyl (C=O) groups excluding carboxylic acids is 1. The van der Waals surface area contributed by atoms with Gasteiger partial charge in [-0.1, -0.05) is 47.6 Å². The van der Waals surface area contributed by atoms with Gasteiger partial charge in [0.25, 0.3) is 5.91 Å². The van der Waals surface area contributed by atoms with Crippen molar-refractivity contribution < 1.29 is 31.0 Å². The minimum Gasteiger partial charge on any atom is -0.383 e. The Morgan fingerprint density at radius 2 is 1.83 bits per heavy atom. The molecule has 2 N–H and O–H groups in total. The quantitative estimate of drug-likeness (QED) is 0.429. The number of aryl methyl sites for hydroxylation is 1. The highest BCUT2D eigenvalue weighted by atomic mass is 32.3. The number of carbonyl (C=O) groups is 1. The number of aliphatic imine (C=N–C) groups is 1. The minimum atomic E-state index is -3.61. The van der Waals surface area contributed by atoms with Crippen molar-refractivity contribution in [2.24, 2.45) is 4.99 Å². The molecule has 1 amide bonds. The van der Waals surface area contributed by atoms with Crippen molar-refractivity contribution in [3.63, 3.8) is 0 Å². The Labute approximate surface area is 204 Å². The highest BCUT2D eigenvalue weighted by Crippen LogP contribution is 2.62. The molecule has 3 aromatic rings. The van der Waals surface area contributed by atoms with Crippen LogP contribution in [0.4, 0.5) is 0 Å². The first-order valence-electron chi connectivity index (χ1n) is 10.6. The number of aromatic nitrogens is 1. The smallest absolute Gasteiger partial charge is 0.306 e. The molecule has 186 valence electrons. The zero-order valence-corrected chi connectivity index (χ0v) is 20.7. The first-order chi connectivity index (χ1) is 16.5. The van der Waals surface area contributed by atoms with E-state index < -0.39 is 32.1 Å². The summed E-state index contributed by atoms with van der Waals surface area (Å²) in [6.45, 7) is 1.80. The SMILES string of the molecule is Cc1cc(CN2C(=O)C(=NCCc3ccc(OS(C)(=O)=O)cc3)C(c3ccccc3)S2(O)O)no1. The van der Waals surface area contributed by atoms with E-state index in [2.05, 4.69) is 10.1 Å². The van der Waals surface area contributed by atoms with E-state index in [1.807, 2.05) is 0 Å². The standard InChI is InChI=1S/C23H25N3O7S2/c1-16-14-19(25-32-16)15-26-23(27)21(22(35(26,30)31)18-6-4-3-5-7-18)24-13-12-17-8-10-20(11-9-17)33-34(2,28)29/h3-11,14,22,30-31H,12-13,15H2,1-2H3. The molecular weight excluding hydrogens is 494 g/mol. The first-order valence-corrected chi connectivity index (χ1v) is 14.0. The van der Waals surface area contributed by atoms with Crippen molar-refractivity contribution in [1.29, 1.82) is 0 Å². The van der Waals surface area contributed by atoms with Crippen LogP contribution in [0.5, 0.6) is 5.75 Å². The molecule has 35 heavy (non-hydrogen) atoms. The molecule has 2 aromatic carbocycles. The maximum absolute atomic E-state index is 13.3. The van der Waals surface area contributed by atoms with Crippen LogP contribution in [-0.4, -0.2) is 51.4 Å². The summed E-state index contributed by atoms with van der Waals surface area (Å²) in [5.41, 5.74) is 1.88. The molecule has 0 saturated carbocycles. The van der Waals surface area contributed by atoms with E-state index in [0.717, 1.165) is 16.1 Å². The monoisotopic (exact) mass is 519 g/mol. The van der Waals surface area contributed by atoms with E-state index in [-0.39, 0.29) is 24.6 Å². The lowest BCUT2D eigenvalue weighted by Crippen LogP contribution is -2.28. The van der Waals surface area contributed by atoms with Gasteiger partial charge in [0.15, 0.2) is 0 Å². The van der Waals surface area contributed by atoms with Crippen LogP contribution < -0.4 is 4.18 Å². The van der Waals surface area contributed by atoms with Gasteiger partial charge >= 0.3 is 10.1 Å². The minimum absolute atomic E-state index is 0.0634. The lowest BCUT2D eigenvalue weighted by Gasteiger charge is -2.39. The zero-order valence-electron chi connectivity index (χ0n) is 19.1. The molecule has 1 fully saturated rings. The van der Waals surface area contributed by atoms with Gasteiger partial charge < -0.3 is 8.71 Å². The molecule has 1 atom stereocenters. The average Bonchev–Trinajstić information content (AvgIpc) is 3.28. The van der Waals surface area contributed by atoms with Gasteiger partial charge in [-0.3, -0.25) is 18.9 Å². The van der Waals surface area contributed by atoms with Crippen molar-refractivity contribution in [2.45, 2.75) is 25.1 Å². The molecule has 1 aliphatic rings. The molecule has 2 heterocycles. The molecule has 10 nitrogen and oxygen atoms in total. The fraction of sp³-hybridized carbons (Fsp3) is 0.261. The molecule has 0 radical (unpaired) electrons. The number of amides is 1. The topological polar surface area (TPSA) is 143 Å². The summed E-state index contributed by atoms with van der Waals surface area (Å²) in [6.07, 6.45) is 1.41. The number of rotatable bonds is 8. The second kappa shape index (κ2) is 9.82. The van der Waals surface area contributed by atoms with Crippen LogP contribution in [0.25, 0.3) is 0 Å². The molecule has 1 unspecified atom stereocenters. The van der Waals surface area contributed by atoms with Gasteiger partial charge in [0.1, 0.15) is 28.2 Å². The number of benzene rings is 2. The number of hydrogen-bond donors (Lipinski definition) is 2. The van der Waals surface area contributed by atoms with E-state index in [1.165, 1.54) is 12.1 Å². The van der Waals surface area contributed by atoms with Crippen molar-refractivity contribution in [2.75, 3.05) is 12.8 Å². The van der Waals surface area contributed by atoms with Crippen LogP contribution in [0.1, 0.15) is 27.8 Å². The Morgan fingerprint density at radius 3 is 2.43 bits per heavy atom. The molecule has 4 rings (SSSR count). The molecule has 1 saturated heterocycles. The van der Waals surface area contributed by atoms with Crippen LogP contribution in [0.15, 0.2) is 70.2 Å². The van der Waals surface area contributed by atoms with Crippen molar-refractivity contribution >= 4 is 32.5 Å². The second-order valence-electron chi connectivity index (χ2n) is 8.07. The molecule has 0 bridgehead atoms. The zero-order chi connectivity index (χ0) is 25.2. The van der Waals surface area contributed by atoms with Crippen LogP contribution >= 0.6 is 10.8 Å². The Bertz CT molecular complexity index is 1340. The van der Waals surface area contributed by atoms with Crippen molar-refractivity contribution in [3.05, 3.63) is 83.2 Å². The van der Waals surface area contributed by atoms with Crippen LogP contribution in [0, 0.1) is 6.92 Å². The highest BCUT2D eigenvalue weighted by Gasteiger charge is 2.50. The number of nitrogens with zero attached hydrogens (tertiary/aromatic N) is 3. The van der Waals surface area contributed by atoms with Crippen molar-refractivity contribution in [1.82, 2.24) is 9.46 Å². The fourth-order valence-corrected chi connectivity index (χ4v) is 6.13. The lowest BCUT2D eigenvalue weighted by molar-refractivity contribution is -0.120. The third-order valence-electron chi connectivity index (χ3n) is 5.27. The second-order valence-corrected chi connectivity index (χ2v) is 11.7. The van der Waals surface area contributed by atoms with E-state index in [4.69, 9.17) is 8.71 Å². The third kappa shape index (κ3) is 5.73.